The van der Waals surface area contributed by atoms with Gasteiger partial charge in [0, 0.05) is 31.1 Å². The first-order chi connectivity index (χ1) is 17.4. The number of methoxy groups -OCH3 is 1. The molecule has 192 valence electrons. The van der Waals surface area contributed by atoms with Gasteiger partial charge in [0.2, 0.25) is 0 Å². The summed E-state index contributed by atoms with van der Waals surface area (Å²) in [5.41, 5.74) is 2.36. The second kappa shape index (κ2) is 11.4. The highest BCUT2D eigenvalue weighted by atomic mass is 16.5. The summed E-state index contributed by atoms with van der Waals surface area (Å²) in [7, 11) is 1.53. The maximum atomic E-state index is 13.5. The van der Waals surface area contributed by atoms with Gasteiger partial charge in [-0.25, -0.2) is 4.79 Å². The van der Waals surface area contributed by atoms with E-state index in [-0.39, 0.29) is 30.6 Å². The first kappa shape index (κ1) is 25.5. The number of nitrogens with one attached hydrogen (secondary N) is 3. The second-order valence-corrected chi connectivity index (χ2v) is 9.37. The Kier molecular flexibility index (Phi) is 8.10. The number of anilines is 2. The number of carbonyl (C=O) groups is 1. The second-order valence-electron chi connectivity index (χ2n) is 9.37. The quantitative estimate of drug-likeness (QED) is 0.418. The van der Waals surface area contributed by atoms with Crippen LogP contribution in [0.3, 0.4) is 0 Å². The number of hydrogen-bond donors (Lipinski definition) is 3. The van der Waals surface area contributed by atoms with Gasteiger partial charge in [0.15, 0.2) is 0 Å². The number of carbonyl (C=O) groups excluding carboxylic acids is 1. The lowest BCUT2D eigenvalue weighted by molar-refractivity contribution is 0.102. The smallest absolute Gasteiger partial charge is 0.330 e. The van der Waals surface area contributed by atoms with E-state index in [2.05, 4.69) is 20.2 Å². The van der Waals surface area contributed by atoms with E-state index in [1.54, 1.807) is 0 Å². The highest BCUT2D eigenvalue weighted by molar-refractivity contribution is 6.06. The predicted octanol–water partition coefficient (Wildman–Crippen LogP) is 3.97. The van der Waals surface area contributed by atoms with Crippen LogP contribution in [0.15, 0.2) is 46.0 Å². The van der Waals surface area contributed by atoms with Crippen LogP contribution in [0.2, 0.25) is 0 Å². The highest BCUT2D eigenvalue weighted by Crippen LogP contribution is 2.32. The molecule has 1 amide bonds. The molecule has 0 spiro atoms. The van der Waals surface area contributed by atoms with Gasteiger partial charge in [0.05, 0.1) is 18.7 Å². The van der Waals surface area contributed by atoms with Gasteiger partial charge in [-0.3, -0.25) is 19.1 Å². The number of benzene rings is 1. The van der Waals surface area contributed by atoms with Crippen LogP contribution in [0.4, 0.5) is 11.5 Å². The average molecular weight is 494 g/mol. The summed E-state index contributed by atoms with van der Waals surface area (Å²) in [6.07, 6.45) is 5.85. The van der Waals surface area contributed by atoms with Crippen LogP contribution in [0.5, 0.6) is 0 Å². The zero-order chi connectivity index (χ0) is 25.7. The molecule has 0 bridgehead atoms. The fourth-order valence-corrected chi connectivity index (χ4v) is 5.13. The van der Waals surface area contributed by atoms with Crippen molar-refractivity contribution < 1.29 is 9.53 Å². The van der Waals surface area contributed by atoms with Crippen LogP contribution in [-0.2, 0) is 17.8 Å². The molecule has 9 nitrogen and oxygen atoms in total. The first-order valence-corrected chi connectivity index (χ1v) is 12.5. The van der Waals surface area contributed by atoms with E-state index in [4.69, 9.17) is 4.74 Å². The Labute approximate surface area is 210 Å². The van der Waals surface area contributed by atoms with E-state index < -0.39 is 11.2 Å². The lowest BCUT2D eigenvalue weighted by Gasteiger charge is -2.26. The van der Waals surface area contributed by atoms with Crippen molar-refractivity contribution in [3.05, 3.63) is 79.8 Å². The molecule has 0 atom stereocenters. The molecule has 1 aliphatic rings. The third-order valence-corrected chi connectivity index (χ3v) is 6.93. The van der Waals surface area contributed by atoms with Gasteiger partial charge in [-0.1, -0.05) is 49.6 Å². The number of hydrogen-bond acceptors (Lipinski definition) is 5. The summed E-state index contributed by atoms with van der Waals surface area (Å²) in [5.74, 6) is -0.228. The Bertz CT molecular complexity index is 1320. The number of nitrogens with zero attached hydrogens (tertiary/aromatic N) is 2. The Balaban J connectivity index is 1.69. The largest absolute Gasteiger partial charge is 0.383 e. The number of ether oxygens (including phenoxy) is 1. The summed E-state index contributed by atoms with van der Waals surface area (Å²) >= 11 is 0. The lowest BCUT2D eigenvalue weighted by Crippen LogP contribution is -2.36. The summed E-state index contributed by atoms with van der Waals surface area (Å²) < 4.78 is 8.75. The molecule has 1 saturated carbocycles. The van der Waals surface area contributed by atoms with Crippen molar-refractivity contribution in [3.63, 3.8) is 0 Å². The van der Waals surface area contributed by atoms with E-state index in [0.717, 1.165) is 29.8 Å². The van der Waals surface area contributed by atoms with Crippen molar-refractivity contribution in [2.75, 3.05) is 24.4 Å². The number of aromatic nitrogens is 3. The summed E-state index contributed by atoms with van der Waals surface area (Å²) in [5, 5.41) is 6.00. The maximum absolute atomic E-state index is 13.5. The molecule has 36 heavy (non-hydrogen) atoms. The molecule has 2 aromatic heterocycles. The normalized spacial score (nSPS) is 14.1. The fourth-order valence-electron chi connectivity index (χ4n) is 5.13. The molecular formula is C27H35N5O4. The highest BCUT2D eigenvalue weighted by Gasteiger charge is 2.24. The predicted molar refractivity (Wildman–Crippen MR) is 141 cm³/mol. The van der Waals surface area contributed by atoms with Crippen LogP contribution < -0.4 is 21.9 Å². The molecule has 2 heterocycles. The Morgan fingerprint density at radius 3 is 2.53 bits per heavy atom. The van der Waals surface area contributed by atoms with Gasteiger partial charge in [0.25, 0.3) is 11.5 Å². The van der Waals surface area contributed by atoms with Gasteiger partial charge < -0.3 is 19.9 Å². The molecule has 9 heteroatoms. The molecular weight excluding hydrogens is 458 g/mol. The number of rotatable bonds is 9. The Morgan fingerprint density at radius 1 is 1.11 bits per heavy atom. The molecule has 1 aromatic carbocycles. The number of amides is 1. The van der Waals surface area contributed by atoms with Crippen LogP contribution in [-0.4, -0.2) is 33.7 Å². The van der Waals surface area contributed by atoms with Crippen LogP contribution >= 0.6 is 0 Å². The number of aromatic amines is 1. The molecule has 0 unspecified atom stereocenters. The van der Waals surface area contributed by atoms with Crippen LogP contribution in [0, 0.1) is 13.8 Å². The van der Waals surface area contributed by atoms with Gasteiger partial charge in [-0.15, -0.1) is 0 Å². The van der Waals surface area contributed by atoms with E-state index in [0.29, 0.717) is 18.2 Å². The van der Waals surface area contributed by atoms with E-state index in [1.807, 2.05) is 50.2 Å². The van der Waals surface area contributed by atoms with Crippen molar-refractivity contribution in [1.29, 1.82) is 0 Å². The minimum Gasteiger partial charge on any atom is -0.383 e. The van der Waals surface area contributed by atoms with Crippen molar-refractivity contribution in [2.24, 2.45) is 0 Å². The molecule has 4 rings (SSSR count). The molecule has 1 fully saturated rings. The number of aryl methyl sites for hydroxylation is 1. The van der Waals surface area contributed by atoms with Crippen molar-refractivity contribution in [2.45, 2.75) is 65.1 Å². The van der Waals surface area contributed by atoms with Crippen molar-refractivity contribution in [1.82, 2.24) is 14.1 Å². The third kappa shape index (κ3) is 5.46. The van der Waals surface area contributed by atoms with E-state index in [1.165, 1.54) is 30.9 Å². The summed E-state index contributed by atoms with van der Waals surface area (Å²) in [6.45, 7) is 4.74. The maximum Gasteiger partial charge on any atom is 0.330 e. The number of H-pyrrole nitrogens is 1. The monoisotopic (exact) mass is 493 g/mol. The molecule has 0 saturated heterocycles. The van der Waals surface area contributed by atoms with Crippen molar-refractivity contribution in [3.8, 4) is 0 Å². The topological polar surface area (TPSA) is 110 Å². The Morgan fingerprint density at radius 2 is 1.83 bits per heavy atom. The fraction of sp³-hybridized carbons (Fsp3) is 0.444. The zero-order valence-electron chi connectivity index (χ0n) is 21.2. The van der Waals surface area contributed by atoms with Crippen LogP contribution in [0.1, 0.15) is 65.5 Å². The average Bonchev–Trinajstić information content (AvgIpc) is 3.18. The lowest BCUT2D eigenvalue weighted by atomic mass is 9.95. The SMILES string of the molecule is COCCn1c(NC(=O)c2cc(C)n(C3CCCCC3)c2C)c(NCc2ccccc2)c(=O)[nH]c1=O. The standard InChI is InChI=1S/C27H35N5O4/c1-18-16-22(19(2)32(18)21-12-8-5-9-13-21)25(33)29-24-23(28-17-20-10-6-4-7-11-20)26(34)30-27(35)31(24)14-15-36-3/h4,6-7,10-11,16,21,28H,5,8-9,12-15,17H2,1-3H3,(H,29,33)(H,30,34,35). The molecule has 0 radical (unpaired) electrons. The minimum absolute atomic E-state index is 0.129. The molecule has 3 aromatic rings. The Hall–Kier alpha value is -3.59. The minimum atomic E-state index is -0.606. The first-order valence-electron chi connectivity index (χ1n) is 12.5. The molecule has 3 N–H and O–H groups in total. The van der Waals surface area contributed by atoms with Crippen LogP contribution in [0.25, 0.3) is 0 Å². The van der Waals surface area contributed by atoms with Gasteiger partial charge in [-0.05, 0) is 38.3 Å². The van der Waals surface area contributed by atoms with Gasteiger partial charge >= 0.3 is 5.69 Å². The third-order valence-electron chi connectivity index (χ3n) is 6.93. The van der Waals surface area contributed by atoms with Crippen molar-refractivity contribution >= 4 is 17.4 Å². The zero-order valence-corrected chi connectivity index (χ0v) is 21.2. The van der Waals surface area contributed by atoms with E-state index >= 15 is 0 Å². The van der Waals surface area contributed by atoms with Gasteiger partial charge in [0.1, 0.15) is 11.5 Å². The van der Waals surface area contributed by atoms with E-state index in [9.17, 15) is 14.4 Å². The van der Waals surface area contributed by atoms with Gasteiger partial charge in [-0.2, -0.15) is 0 Å². The molecule has 1 aliphatic carbocycles. The summed E-state index contributed by atoms with van der Waals surface area (Å²) in [6, 6.07) is 11.9. The molecule has 0 aliphatic heterocycles. The summed E-state index contributed by atoms with van der Waals surface area (Å²) in [4.78, 5) is 41.5.